The standard InChI is InChI=1S/C14H11FIN3O3/c1-21-13-9(4-3-8(16)10(13)15)19-6-7(5-17)11(18)12(19)14(20)22-2/h3-4,6H,18H2,1-2H3. The van der Waals surface area contributed by atoms with Crippen molar-refractivity contribution in [1.82, 2.24) is 4.57 Å². The zero-order valence-electron chi connectivity index (χ0n) is 11.7. The van der Waals surface area contributed by atoms with E-state index in [-0.39, 0.29) is 28.4 Å². The van der Waals surface area contributed by atoms with Crippen LogP contribution < -0.4 is 10.5 Å². The number of anilines is 1. The second kappa shape index (κ2) is 6.23. The van der Waals surface area contributed by atoms with Crippen LogP contribution in [0.3, 0.4) is 0 Å². The average Bonchev–Trinajstić information content (AvgIpc) is 2.85. The molecule has 0 fully saturated rings. The molecular weight excluding hydrogens is 404 g/mol. The van der Waals surface area contributed by atoms with E-state index < -0.39 is 11.8 Å². The van der Waals surface area contributed by atoms with Crippen LogP contribution in [0.15, 0.2) is 18.3 Å². The number of esters is 1. The minimum absolute atomic E-state index is 0.0321. The third kappa shape index (κ3) is 2.48. The number of aromatic nitrogens is 1. The molecule has 0 atom stereocenters. The van der Waals surface area contributed by atoms with Crippen molar-refractivity contribution in [3.05, 3.63) is 39.0 Å². The lowest BCUT2D eigenvalue weighted by Gasteiger charge is -2.14. The van der Waals surface area contributed by atoms with E-state index in [2.05, 4.69) is 4.74 Å². The molecule has 0 aliphatic carbocycles. The van der Waals surface area contributed by atoms with E-state index in [9.17, 15) is 9.18 Å². The second-order valence-electron chi connectivity index (χ2n) is 4.19. The zero-order chi connectivity index (χ0) is 16.4. The maximum Gasteiger partial charge on any atom is 0.357 e. The van der Waals surface area contributed by atoms with Crippen molar-refractivity contribution in [2.75, 3.05) is 20.0 Å². The van der Waals surface area contributed by atoms with Crippen LogP contribution in [-0.2, 0) is 4.74 Å². The molecule has 1 aromatic heterocycles. The number of nitrogens with two attached hydrogens (primary N) is 1. The van der Waals surface area contributed by atoms with Gasteiger partial charge in [0.05, 0.1) is 34.7 Å². The first-order valence-corrected chi connectivity index (χ1v) is 7.05. The molecule has 0 saturated heterocycles. The van der Waals surface area contributed by atoms with E-state index in [1.54, 1.807) is 6.07 Å². The molecular formula is C14H11FIN3O3. The van der Waals surface area contributed by atoms with Crippen molar-refractivity contribution in [2.45, 2.75) is 0 Å². The number of nitrogens with zero attached hydrogens (tertiary/aromatic N) is 2. The first-order chi connectivity index (χ1) is 10.5. The molecule has 114 valence electrons. The summed E-state index contributed by atoms with van der Waals surface area (Å²) in [4.78, 5) is 11.9. The summed E-state index contributed by atoms with van der Waals surface area (Å²) in [6, 6.07) is 4.97. The number of nitrogen functional groups attached to an aromatic ring is 1. The van der Waals surface area contributed by atoms with Crippen LogP contribution in [0.1, 0.15) is 16.1 Å². The number of carbonyl (C=O) groups is 1. The first kappa shape index (κ1) is 16.1. The molecule has 0 aliphatic rings. The summed E-state index contributed by atoms with van der Waals surface area (Å²) in [5, 5.41) is 9.08. The molecule has 8 heteroatoms. The molecule has 0 unspecified atom stereocenters. The number of hydrogen-bond donors (Lipinski definition) is 1. The minimum Gasteiger partial charge on any atom is -0.492 e. The molecule has 1 heterocycles. The molecule has 2 rings (SSSR count). The summed E-state index contributed by atoms with van der Waals surface area (Å²) in [6.45, 7) is 0. The summed E-state index contributed by atoms with van der Waals surface area (Å²) in [6.07, 6.45) is 1.34. The number of benzene rings is 1. The van der Waals surface area contributed by atoms with Gasteiger partial charge in [0.2, 0.25) is 0 Å². The summed E-state index contributed by atoms with van der Waals surface area (Å²) >= 11 is 1.83. The highest BCUT2D eigenvalue weighted by molar-refractivity contribution is 14.1. The third-order valence-electron chi connectivity index (χ3n) is 3.04. The summed E-state index contributed by atoms with van der Waals surface area (Å²) < 4.78 is 25.6. The normalized spacial score (nSPS) is 10.1. The summed E-state index contributed by atoms with van der Waals surface area (Å²) in [5.41, 5.74) is 6.05. The van der Waals surface area contributed by atoms with Crippen LogP contribution in [0.2, 0.25) is 0 Å². The van der Waals surface area contributed by atoms with Crippen molar-refractivity contribution >= 4 is 34.2 Å². The van der Waals surface area contributed by atoms with Gasteiger partial charge in [0.15, 0.2) is 17.3 Å². The predicted molar refractivity (Wildman–Crippen MR) is 85.5 cm³/mol. The van der Waals surface area contributed by atoms with Gasteiger partial charge in [-0.2, -0.15) is 5.26 Å². The van der Waals surface area contributed by atoms with Crippen molar-refractivity contribution in [1.29, 1.82) is 5.26 Å². The molecule has 0 aliphatic heterocycles. The van der Waals surface area contributed by atoms with Crippen LogP contribution in [0.5, 0.6) is 5.75 Å². The fourth-order valence-electron chi connectivity index (χ4n) is 2.01. The Balaban J connectivity index is 2.81. The van der Waals surface area contributed by atoms with Gasteiger partial charge in [-0.1, -0.05) is 0 Å². The van der Waals surface area contributed by atoms with E-state index in [1.165, 1.54) is 31.0 Å². The monoisotopic (exact) mass is 415 g/mol. The quantitative estimate of drug-likeness (QED) is 0.615. The van der Waals surface area contributed by atoms with Crippen molar-refractivity contribution in [3.63, 3.8) is 0 Å². The van der Waals surface area contributed by atoms with E-state index in [0.29, 0.717) is 3.57 Å². The Bertz CT molecular complexity index is 796. The summed E-state index contributed by atoms with van der Waals surface area (Å²) in [7, 11) is 2.50. The second-order valence-corrected chi connectivity index (χ2v) is 5.35. The largest absolute Gasteiger partial charge is 0.492 e. The molecule has 0 spiro atoms. The Morgan fingerprint density at radius 3 is 2.68 bits per heavy atom. The van der Waals surface area contributed by atoms with Gasteiger partial charge in [-0.3, -0.25) is 0 Å². The SMILES string of the molecule is COC(=O)c1c(N)c(C#N)cn1-c1ccc(I)c(F)c1OC. The van der Waals surface area contributed by atoms with Crippen molar-refractivity contribution in [3.8, 4) is 17.5 Å². The minimum atomic E-state index is -0.736. The molecule has 0 radical (unpaired) electrons. The Kier molecular flexibility index (Phi) is 4.56. The van der Waals surface area contributed by atoms with Gasteiger partial charge in [0.1, 0.15) is 6.07 Å². The number of methoxy groups -OCH3 is 2. The first-order valence-electron chi connectivity index (χ1n) is 5.97. The van der Waals surface area contributed by atoms with Gasteiger partial charge in [-0.05, 0) is 34.7 Å². The van der Waals surface area contributed by atoms with Crippen LogP contribution >= 0.6 is 22.6 Å². The maximum atomic E-state index is 14.2. The molecule has 0 bridgehead atoms. The molecule has 0 saturated carbocycles. The van der Waals surface area contributed by atoms with E-state index in [4.69, 9.17) is 15.7 Å². The third-order valence-corrected chi connectivity index (χ3v) is 3.87. The van der Waals surface area contributed by atoms with E-state index in [1.807, 2.05) is 28.7 Å². The molecule has 1 aromatic carbocycles. The topological polar surface area (TPSA) is 90.3 Å². The maximum absolute atomic E-state index is 14.2. The van der Waals surface area contributed by atoms with Gasteiger partial charge in [-0.15, -0.1) is 0 Å². The number of rotatable bonds is 3. The molecule has 2 aromatic rings. The average molecular weight is 415 g/mol. The fraction of sp³-hybridized carbons (Fsp3) is 0.143. The van der Waals surface area contributed by atoms with Crippen LogP contribution in [0.25, 0.3) is 5.69 Å². The van der Waals surface area contributed by atoms with Gasteiger partial charge >= 0.3 is 5.97 Å². The number of nitriles is 1. The number of ether oxygens (including phenoxy) is 2. The summed E-state index contributed by atoms with van der Waals surface area (Å²) in [5.74, 6) is -1.36. The van der Waals surface area contributed by atoms with Crippen LogP contribution in [0, 0.1) is 20.7 Å². The zero-order valence-corrected chi connectivity index (χ0v) is 13.8. The fourth-order valence-corrected chi connectivity index (χ4v) is 2.44. The van der Waals surface area contributed by atoms with Gasteiger partial charge in [0, 0.05) is 6.20 Å². The Labute approximate surface area is 139 Å². The smallest absolute Gasteiger partial charge is 0.357 e. The number of hydrogen-bond acceptors (Lipinski definition) is 5. The Hall–Kier alpha value is -2.28. The highest BCUT2D eigenvalue weighted by atomic mass is 127. The van der Waals surface area contributed by atoms with Crippen LogP contribution in [0.4, 0.5) is 10.1 Å². The lowest BCUT2D eigenvalue weighted by molar-refractivity contribution is 0.0593. The molecule has 2 N–H and O–H groups in total. The molecule has 6 nitrogen and oxygen atoms in total. The number of halogens is 2. The van der Waals surface area contributed by atoms with E-state index in [0.717, 1.165) is 0 Å². The molecule has 0 amide bonds. The number of carbonyl (C=O) groups excluding carboxylic acids is 1. The van der Waals surface area contributed by atoms with Crippen LogP contribution in [-0.4, -0.2) is 24.8 Å². The van der Waals surface area contributed by atoms with Crippen molar-refractivity contribution < 1.29 is 18.7 Å². The molecule has 22 heavy (non-hydrogen) atoms. The van der Waals surface area contributed by atoms with Gasteiger partial charge < -0.3 is 19.8 Å². The highest BCUT2D eigenvalue weighted by Gasteiger charge is 2.24. The lowest BCUT2D eigenvalue weighted by atomic mass is 10.2. The Morgan fingerprint density at radius 1 is 1.45 bits per heavy atom. The van der Waals surface area contributed by atoms with Gasteiger partial charge in [-0.25, -0.2) is 9.18 Å². The predicted octanol–water partition coefficient (Wildman–Crippen LogP) is 2.47. The Morgan fingerprint density at radius 2 is 2.14 bits per heavy atom. The van der Waals surface area contributed by atoms with Crippen molar-refractivity contribution in [2.24, 2.45) is 0 Å². The van der Waals surface area contributed by atoms with Gasteiger partial charge in [0.25, 0.3) is 0 Å². The highest BCUT2D eigenvalue weighted by Crippen LogP contribution is 2.33. The lowest BCUT2D eigenvalue weighted by Crippen LogP contribution is -2.12. The van der Waals surface area contributed by atoms with E-state index >= 15 is 0 Å².